The highest BCUT2D eigenvalue weighted by Crippen LogP contribution is 2.31. The molecule has 1 atom stereocenters. The second-order valence-electron chi connectivity index (χ2n) is 3.89. The number of carbonyl (C=O) groups is 1. The molecular weight excluding hydrogens is 289 g/mol. The number of amides is 1. The number of nitriles is 1. The molecule has 1 aromatic rings. The van der Waals surface area contributed by atoms with Gasteiger partial charge in [0.05, 0.1) is 23.8 Å². The average Bonchev–Trinajstić information content (AvgIpc) is 2.45. The molecule has 0 aliphatic carbocycles. The molecule has 5 nitrogen and oxygen atoms in total. The molecule has 0 saturated carbocycles. The summed E-state index contributed by atoms with van der Waals surface area (Å²) in [7, 11) is 0. The third-order valence-corrected chi connectivity index (χ3v) is 2.37. The largest absolute Gasteiger partial charge is 0.417 e. The molecule has 1 amide bonds. The molecule has 0 saturated heterocycles. The van der Waals surface area contributed by atoms with Crippen molar-refractivity contribution < 1.29 is 27.7 Å². The molecule has 1 N–H and O–H groups in total. The van der Waals surface area contributed by atoms with E-state index in [2.05, 4.69) is 15.1 Å². The summed E-state index contributed by atoms with van der Waals surface area (Å²) in [6.45, 7) is 1.60. The molecule has 0 aromatic heterocycles. The average molecular weight is 302 g/mol. The van der Waals surface area contributed by atoms with Gasteiger partial charge in [-0.2, -0.15) is 18.4 Å². The number of alkyl halides is 3. The highest BCUT2D eigenvalue weighted by Gasteiger charge is 2.35. The minimum Gasteiger partial charge on any atom is -0.334 e. The van der Waals surface area contributed by atoms with Crippen LogP contribution in [0.2, 0.25) is 0 Å². The van der Waals surface area contributed by atoms with E-state index in [1.54, 1.807) is 13.0 Å². The summed E-state index contributed by atoms with van der Waals surface area (Å²) < 4.78 is 38.4. The van der Waals surface area contributed by atoms with Crippen molar-refractivity contribution in [3.63, 3.8) is 0 Å². The van der Waals surface area contributed by atoms with Gasteiger partial charge in [0.25, 0.3) is 5.91 Å². The van der Waals surface area contributed by atoms with Gasteiger partial charge in [0, 0.05) is 0 Å². The molecule has 1 aromatic carbocycles. The number of benzene rings is 1. The fourth-order valence-electron chi connectivity index (χ4n) is 1.48. The number of halogens is 3. The second-order valence-corrected chi connectivity index (χ2v) is 3.89. The van der Waals surface area contributed by atoms with Gasteiger partial charge in [-0.1, -0.05) is 12.1 Å². The lowest BCUT2D eigenvalue weighted by atomic mass is 10.1. The lowest BCUT2D eigenvalue weighted by Crippen LogP contribution is -2.38. The van der Waals surface area contributed by atoms with Crippen molar-refractivity contribution in [3.05, 3.63) is 35.4 Å². The van der Waals surface area contributed by atoms with Crippen molar-refractivity contribution in [2.75, 3.05) is 13.2 Å². The number of hydrogen-bond acceptors (Lipinski definition) is 4. The van der Waals surface area contributed by atoms with Crippen molar-refractivity contribution in [1.82, 2.24) is 5.32 Å². The van der Waals surface area contributed by atoms with E-state index in [0.29, 0.717) is 0 Å². The Bertz CT molecular complexity index is 526. The zero-order valence-corrected chi connectivity index (χ0v) is 11.1. The maximum atomic E-state index is 12.8. The first-order chi connectivity index (χ1) is 9.90. The Hall–Kier alpha value is -2.11. The van der Waals surface area contributed by atoms with E-state index in [0.717, 1.165) is 12.1 Å². The zero-order chi connectivity index (χ0) is 15.9. The molecule has 0 heterocycles. The molecule has 0 bridgehead atoms. The molecule has 21 heavy (non-hydrogen) atoms. The molecule has 8 heteroatoms. The molecule has 1 rings (SSSR count). The summed E-state index contributed by atoms with van der Waals surface area (Å²) in [4.78, 5) is 21.0. The first-order valence-electron chi connectivity index (χ1n) is 6.01. The van der Waals surface area contributed by atoms with E-state index < -0.39 is 29.3 Å². The minimum absolute atomic E-state index is 0.239. The van der Waals surface area contributed by atoms with E-state index in [1.807, 2.05) is 0 Å². The standard InChI is InChI=1S/C13H13F3N2O3/c1-2-20-21-8-9(7-17)18-12(19)10-5-3-4-6-11(10)13(14,15)16/h3-6,9H,2,8H2,1H3,(H,18,19). The first kappa shape index (κ1) is 16.9. The molecular formula is C13H13F3N2O3. The van der Waals surface area contributed by atoms with Gasteiger partial charge in [0.15, 0.2) is 0 Å². The van der Waals surface area contributed by atoms with Crippen molar-refractivity contribution in [2.45, 2.75) is 19.1 Å². The molecule has 0 spiro atoms. The quantitative estimate of drug-likeness (QED) is 0.497. The first-order valence-corrected chi connectivity index (χ1v) is 6.01. The van der Waals surface area contributed by atoms with E-state index >= 15 is 0 Å². The second kappa shape index (κ2) is 7.61. The van der Waals surface area contributed by atoms with E-state index in [9.17, 15) is 18.0 Å². The van der Waals surface area contributed by atoms with Crippen LogP contribution in [-0.4, -0.2) is 25.2 Å². The van der Waals surface area contributed by atoms with Crippen LogP contribution in [0.3, 0.4) is 0 Å². The van der Waals surface area contributed by atoms with Gasteiger partial charge in [-0.3, -0.25) is 4.79 Å². The number of nitrogens with zero attached hydrogens (tertiary/aromatic N) is 1. The third-order valence-electron chi connectivity index (χ3n) is 2.37. The van der Waals surface area contributed by atoms with Gasteiger partial charge in [-0.05, 0) is 19.1 Å². The lowest BCUT2D eigenvalue weighted by Gasteiger charge is -2.15. The fourth-order valence-corrected chi connectivity index (χ4v) is 1.48. The van der Waals surface area contributed by atoms with Crippen molar-refractivity contribution in [3.8, 4) is 6.07 Å². The van der Waals surface area contributed by atoms with Crippen LogP contribution < -0.4 is 5.32 Å². The Morgan fingerprint density at radius 2 is 2.05 bits per heavy atom. The van der Waals surface area contributed by atoms with Crippen molar-refractivity contribution in [1.29, 1.82) is 5.26 Å². The Morgan fingerprint density at radius 3 is 2.62 bits per heavy atom. The lowest BCUT2D eigenvalue weighted by molar-refractivity contribution is -0.292. The number of nitrogens with one attached hydrogen (secondary N) is 1. The highest BCUT2D eigenvalue weighted by molar-refractivity contribution is 5.96. The molecule has 0 fully saturated rings. The number of carbonyl (C=O) groups excluding carboxylic acids is 1. The Morgan fingerprint density at radius 1 is 1.38 bits per heavy atom. The van der Waals surface area contributed by atoms with Gasteiger partial charge in [-0.25, -0.2) is 9.78 Å². The monoisotopic (exact) mass is 302 g/mol. The van der Waals surface area contributed by atoms with E-state index in [4.69, 9.17) is 5.26 Å². The predicted octanol–water partition coefficient (Wildman–Crippen LogP) is 2.30. The van der Waals surface area contributed by atoms with E-state index in [-0.39, 0.29) is 13.2 Å². The van der Waals surface area contributed by atoms with Gasteiger partial charge in [-0.15, -0.1) is 0 Å². The maximum Gasteiger partial charge on any atom is 0.417 e. The van der Waals surface area contributed by atoms with Crippen LogP contribution in [0, 0.1) is 11.3 Å². The summed E-state index contributed by atoms with van der Waals surface area (Å²) in [5, 5.41) is 11.0. The molecule has 1 unspecified atom stereocenters. The molecule has 0 radical (unpaired) electrons. The predicted molar refractivity (Wildman–Crippen MR) is 65.9 cm³/mol. The minimum atomic E-state index is -4.65. The highest BCUT2D eigenvalue weighted by atomic mass is 19.4. The van der Waals surface area contributed by atoms with Gasteiger partial charge in [0.2, 0.25) is 0 Å². The van der Waals surface area contributed by atoms with Crippen molar-refractivity contribution in [2.24, 2.45) is 0 Å². The van der Waals surface area contributed by atoms with Crippen LogP contribution in [0.5, 0.6) is 0 Å². The summed E-state index contributed by atoms with van der Waals surface area (Å²) in [5.74, 6) is -1.01. The summed E-state index contributed by atoms with van der Waals surface area (Å²) in [6.07, 6.45) is -4.65. The topological polar surface area (TPSA) is 71.3 Å². The molecule has 0 aliphatic heterocycles. The van der Waals surface area contributed by atoms with Crippen LogP contribution >= 0.6 is 0 Å². The SMILES string of the molecule is CCOOCC(C#N)NC(=O)c1ccccc1C(F)(F)F. The smallest absolute Gasteiger partial charge is 0.334 e. The van der Waals surface area contributed by atoms with Crippen molar-refractivity contribution >= 4 is 5.91 Å². The summed E-state index contributed by atoms with van der Waals surface area (Å²) >= 11 is 0. The molecule has 0 aliphatic rings. The Balaban J connectivity index is 2.82. The normalized spacial score (nSPS) is 12.5. The zero-order valence-electron chi connectivity index (χ0n) is 11.1. The van der Waals surface area contributed by atoms with Gasteiger partial charge >= 0.3 is 6.18 Å². The summed E-state index contributed by atoms with van der Waals surface area (Å²) in [5.41, 5.74) is -1.62. The van der Waals surface area contributed by atoms with Crippen LogP contribution in [0.4, 0.5) is 13.2 Å². The summed E-state index contributed by atoms with van der Waals surface area (Å²) in [6, 6.07) is 4.91. The fraction of sp³-hybridized carbons (Fsp3) is 0.385. The van der Waals surface area contributed by atoms with Crippen LogP contribution in [0.25, 0.3) is 0 Å². The number of hydrogen-bond donors (Lipinski definition) is 1. The maximum absolute atomic E-state index is 12.8. The Labute approximate surface area is 119 Å². The molecule has 114 valence electrons. The van der Waals surface area contributed by atoms with Gasteiger partial charge in [0.1, 0.15) is 12.6 Å². The Kier molecular flexibility index (Phi) is 6.14. The van der Waals surface area contributed by atoms with Gasteiger partial charge < -0.3 is 5.32 Å². The van der Waals surface area contributed by atoms with E-state index in [1.165, 1.54) is 12.1 Å². The number of rotatable bonds is 6. The van der Waals surface area contributed by atoms with Crippen LogP contribution in [-0.2, 0) is 16.0 Å². The van der Waals surface area contributed by atoms with Crippen LogP contribution in [0.1, 0.15) is 22.8 Å². The van der Waals surface area contributed by atoms with Crippen LogP contribution in [0.15, 0.2) is 24.3 Å². The third kappa shape index (κ3) is 5.06.